The first-order valence-corrected chi connectivity index (χ1v) is 8.83. The zero-order valence-corrected chi connectivity index (χ0v) is 16.0. The van der Waals surface area contributed by atoms with Gasteiger partial charge in [-0.15, -0.1) is 0 Å². The normalized spacial score (nSPS) is 14.2. The van der Waals surface area contributed by atoms with Crippen molar-refractivity contribution in [3.63, 3.8) is 0 Å². The maximum atomic E-state index is 12.9. The molecule has 3 rings (SSSR count). The number of fused-ring (bicyclic) bond motifs is 1. The summed E-state index contributed by atoms with van der Waals surface area (Å²) in [6.07, 6.45) is 4.71. The minimum atomic E-state index is -0.490. The molecule has 2 aromatic rings. The van der Waals surface area contributed by atoms with E-state index < -0.39 is 5.60 Å². The number of phenolic OH excluding ortho intramolecular Hbond substituents is 1. The number of rotatable bonds is 6. The fourth-order valence-electron chi connectivity index (χ4n) is 3.11. The van der Waals surface area contributed by atoms with Gasteiger partial charge in [0, 0.05) is 6.42 Å². The fraction of sp³-hybridized carbons (Fsp3) is 0.318. The predicted molar refractivity (Wildman–Crippen MR) is 104 cm³/mol. The molecule has 0 fully saturated rings. The van der Waals surface area contributed by atoms with Crippen LogP contribution in [0.3, 0.4) is 0 Å². The van der Waals surface area contributed by atoms with Crippen LogP contribution in [0.5, 0.6) is 23.0 Å². The van der Waals surface area contributed by atoms with Crippen LogP contribution < -0.4 is 14.2 Å². The SMILES string of the molecule is COc1ccc(CCC(=O)c2ccc(OC)c3c2OC(C)(C)C=C3)cc1O. The van der Waals surface area contributed by atoms with Crippen LogP contribution in [-0.4, -0.2) is 30.7 Å². The number of phenols is 1. The Hall–Kier alpha value is -2.95. The van der Waals surface area contributed by atoms with Crippen LogP contribution in [0, 0.1) is 0 Å². The highest BCUT2D eigenvalue weighted by atomic mass is 16.5. The van der Waals surface area contributed by atoms with Crippen molar-refractivity contribution in [2.45, 2.75) is 32.3 Å². The van der Waals surface area contributed by atoms with E-state index in [0.717, 1.165) is 11.1 Å². The number of methoxy groups -OCH3 is 2. The molecule has 0 atom stereocenters. The lowest BCUT2D eigenvalue weighted by Crippen LogP contribution is -2.28. The average Bonchev–Trinajstić information content (AvgIpc) is 2.64. The van der Waals surface area contributed by atoms with E-state index in [0.29, 0.717) is 35.7 Å². The van der Waals surface area contributed by atoms with Gasteiger partial charge in [0.1, 0.15) is 17.1 Å². The molecule has 2 aromatic carbocycles. The average molecular weight is 368 g/mol. The Balaban J connectivity index is 1.83. The van der Waals surface area contributed by atoms with Gasteiger partial charge < -0.3 is 19.3 Å². The van der Waals surface area contributed by atoms with Crippen molar-refractivity contribution in [1.29, 1.82) is 0 Å². The Kier molecular flexibility index (Phi) is 5.13. The predicted octanol–water partition coefficient (Wildman–Crippen LogP) is 4.41. The highest BCUT2D eigenvalue weighted by Crippen LogP contribution is 2.40. The second kappa shape index (κ2) is 7.35. The number of ketones is 1. The third-order valence-corrected chi connectivity index (χ3v) is 4.58. The molecule has 0 amide bonds. The molecule has 0 saturated heterocycles. The van der Waals surface area contributed by atoms with Gasteiger partial charge in [-0.25, -0.2) is 0 Å². The number of aromatic hydroxyl groups is 1. The molecular formula is C22H24O5. The monoisotopic (exact) mass is 368 g/mol. The summed E-state index contributed by atoms with van der Waals surface area (Å²) in [6.45, 7) is 3.89. The van der Waals surface area contributed by atoms with Crippen LogP contribution in [-0.2, 0) is 6.42 Å². The number of hydrogen-bond donors (Lipinski definition) is 1. The Morgan fingerprint density at radius 2 is 1.81 bits per heavy atom. The summed E-state index contributed by atoms with van der Waals surface area (Å²) in [5.74, 6) is 1.70. The van der Waals surface area contributed by atoms with Crippen molar-refractivity contribution >= 4 is 11.9 Å². The molecule has 0 unspecified atom stereocenters. The molecular weight excluding hydrogens is 344 g/mol. The molecule has 0 aromatic heterocycles. The molecule has 0 bridgehead atoms. The van der Waals surface area contributed by atoms with E-state index in [2.05, 4.69) is 0 Å². The number of aryl methyl sites for hydroxylation is 1. The molecule has 1 heterocycles. The van der Waals surface area contributed by atoms with Gasteiger partial charge in [-0.3, -0.25) is 4.79 Å². The minimum absolute atomic E-state index is 0.0182. The fourth-order valence-corrected chi connectivity index (χ4v) is 3.11. The van der Waals surface area contributed by atoms with Crippen LogP contribution in [0.1, 0.15) is 41.8 Å². The Bertz CT molecular complexity index is 896. The van der Waals surface area contributed by atoms with Gasteiger partial charge in [0.25, 0.3) is 0 Å². The number of carbonyl (C=O) groups is 1. The summed E-state index contributed by atoms with van der Waals surface area (Å²) in [5.41, 5.74) is 1.70. The second-order valence-electron chi connectivity index (χ2n) is 7.03. The van der Waals surface area contributed by atoms with Crippen LogP contribution in [0.2, 0.25) is 0 Å². The van der Waals surface area contributed by atoms with Gasteiger partial charge in [0.2, 0.25) is 0 Å². The first kappa shape index (κ1) is 18.8. The molecule has 1 N–H and O–H groups in total. The molecule has 142 valence electrons. The van der Waals surface area contributed by atoms with Gasteiger partial charge in [-0.2, -0.15) is 0 Å². The number of carbonyl (C=O) groups excluding carboxylic acids is 1. The lowest BCUT2D eigenvalue weighted by Gasteiger charge is -2.30. The van der Waals surface area contributed by atoms with Crippen molar-refractivity contribution < 1.29 is 24.1 Å². The van der Waals surface area contributed by atoms with Crippen molar-refractivity contribution in [3.8, 4) is 23.0 Å². The summed E-state index contributed by atoms with van der Waals surface area (Å²) in [7, 11) is 3.10. The Labute approximate surface area is 159 Å². The molecule has 0 saturated carbocycles. The first-order valence-electron chi connectivity index (χ1n) is 8.83. The van der Waals surface area contributed by atoms with Gasteiger partial charge >= 0.3 is 0 Å². The molecule has 1 aliphatic heterocycles. The molecule has 5 nitrogen and oxygen atoms in total. The number of ether oxygens (including phenoxy) is 3. The zero-order valence-electron chi connectivity index (χ0n) is 16.0. The molecule has 1 aliphatic rings. The van der Waals surface area contributed by atoms with Crippen molar-refractivity contribution in [1.82, 2.24) is 0 Å². The Morgan fingerprint density at radius 3 is 2.48 bits per heavy atom. The van der Waals surface area contributed by atoms with E-state index >= 15 is 0 Å². The van der Waals surface area contributed by atoms with Crippen LogP contribution in [0.4, 0.5) is 0 Å². The summed E-state index contributed by atoms with van der Waals surface area (Å²) < 4.78 is 16.5. The molecule has 27 heavy (non-hydrogen) atoms. The topological polar surface area (TPSA) is 65.0 Å². The molecule has 0 radical (unpaired) electrons. The highest BCUT2D eigenvalue weighted by molar-refractivity contribution is 6.00. The van der Waals surface area contributed by atoms with Crippen LogP contribution >= 0.6 is 0 Å². The van der Waals surface area contributed by atoms with Crippen LogP contribution in [0.15, 0.2) is 36.4 Å². The maximum Gasteiger partial charge on any atom is 0.166 e. The van der Waals surface area contributed by atoms with E-state index in [1.165, 1.54) is 7.11 Å². The quantitative estimate of drug-likeness (QED) is 0.765. The first-order chi connectivity index (χ1) is 12.8. The second-order valence-corrected chi connectivity index (χ2v) is 7.03. The minimum Gasteiger partial charge on any atom is -0.504 e. The number of benzene rings is 2. The standard InChI is InChI=1S/C22H24O5/c1-22(2)12-11-16-19(25-3)10-7-15(21(16)27-22)17(23)8-5-14-6-9-20(26-4)18(24)13-14/h6-7,9-13,24H,5,8H2,1-4H3. The largest absolute Gasteiger partial charge is 0.504 e. The number of hydrogen-bond acceptors (Lipinski definition) is 5. The van der Waals surface area contributed by atoms with Crippen molar-refractivity contribution in [2.24, 2.45) is 0 Å². The zero-order chi connectivity index (χ0) is 19.6. The van der Waals surface area contributed by atoms with Gasteiger partial charge in [-0.05, 0) is 62.2 Å². The van der Waals surface area contributed by atoms with Crippen LogP contribution in [0.25, 0.3) is 6.08 Å². The third kappa shape index (κ3) is 3.92. The lowest BCUT2D eigenvalue weighted by molar-refractivity contribution is 0.0969. The summed E-state index contributed by atoms with van der Waals surface area (Å²) >= 11 is 0. The van der Waals surface area contributed by atoms with E-state index in [1.54, 1.807) is 31.4 Å². The Morgan fingerprint density at radius 1 is 1.11 bits per heavy atom. The molecule has 0 spiro atoms. The number of Topliss-reactive ketones (excluding diaryl/α,β-unsaturated/α-hetero) is 1. The smallest absolute Gasteiger partial charge is 0.166 e. The van der Waals surface area contributed by atoms with Gasteiger partial charge in [0.15, 0.2) is 17.3 Å². The van der Waals surface area contributed by atoms with Crippen molar-refractivity contribution in [2.75, 3.05) is 14.2 Å². The maximum absolute atomic E-state index is 12.9. The van der Waals surface area contributed by atoms with E-state index in [-0.39, 0.29) is 11.5 Å². The van der Waals surface area contributed by atoms with Gasteiger partial charge in [0.05, 0.1) is 25.3 Å². The third-order valence-electron chi connectivity index (χ3n) is 4.58. The molecule has 5 heteroatoms. The summed E-state index contributed by atoms with van der Waals surface area (Å²) in [5, 5.41) is 9.90. The van der Waals surface area contributed by atoms with E-state index in [9.17, 15) is 9.90 Å². The van der Waals surface area contributed by atoms with E-state index in [4.69, 9.17) is 14.2 Å². The summed E-state index contributed by atoms with van der Waals surface area (Å²) in [4.78, 5) is 12.9. The van der Waals surface area contributed by atoms with Gasteiger partial charge in [-0.1, -0.05) is 6.07 Å². The van der Waals surface area contributed by atoms with E-state index in [1.807, 2.05) is 32.1 Å². The lowest BCUT2D eigenvalue weighted by atomic mass is 9.95. The summed E-state index contributed by atoms with van der Waals surface area (Å²) in [6, 6.07) is 8.70. The van der Waals surface area contributed by atoms with Crippen molar-refractivity contribution in [3.05, 3.63) is 53.1 Å². The molecule has 0 aliphatic carbocycles. The highest BCUT2D eigenvalue weighted by Gasteiger charge is 2.28.